The average molecular weight is 339 g/mol. The molecule has 0 bridgehead atoms. The van der Waals surface area contributed by atoms with Crippen molar-refractivity contribution in [3.8, 4) is 17.2 Å². The number of carbonyl (C=O) groups excluding carboxylic acids is 1. The van der Waals surface area contributed by atoms with E-state index in [9.17, 15) is 4.79 Å². The van der Waals surface area contributed by atoms with E-state index in [1.54, 1.807) is 13.4 Å². The van der Waals surface area contributed by atoms with Crippen LogP contribution in [0.3, 0.4) is 0 Å². The Morgan fingerprint density at radius 2 is 2.20 bits per heavy atom. The summed E-state index contributed by atoms with van der Waals surface area (Å²) in [6.07, 6.45) is 4.53. The van der Waals surface area contributed by atoms with E-state index in [1.165, 1.54) is 0 Å². The molecule has 3 rings (SSSR count). The van der Waals surface area contributed by atoms with E-state index < -0.39 is 0 Å². The summed E-state index contributed by atoms with van der Waals surface area (Å²) in [7, 11) is 3.55. The first-order valence-electron chi connectivity index (χ1n) is 8.11. The van der Waals surface area contributed by atoms with Crippen LogP contribution in [-0.4, -0.2) is 29.1 Å². The molecule has 0 spiro atoms. The molecular weight excluding hydrogens is 318 g/mol. The Bertz CT molecular complexity index is 837. The Hall–Kier alpha value is -3.02. The van der Waals surface area contributed by atoms with Crippen molar-refractivity contribution < 1.29 is 13.9 Å². The molecule has 2 aromatic heterocycles. The number of carbonyl (C=O) groups is 1. The zero-order chi connectivity index (χ0) is 17.6. The van der Waals surface area contributed by atoms with Gasteiger partial charge in [0.25, 0.3) is 0 Å². The predicted octanol–water partition coefficient (Wildman–Crippen LogP) is 2.59. The molecule has 0 atom stereocenters. The fraction of sp³-hybridized carbons (Fsp3) is 0.263. The van der Waals surface area contributed by atoms with Crippen molar-refractivity contribution in [2.24, 2.45) is 7.05 Å². The maximum absolute atomic E-state index is 12.1. The second-order valence-corrected chi connectivity index (χ2v) is 5.76. The van der Waals surface area contributed by atoms with Crippen LogP contribution in [0.2, 0.25) is 0 Å². The number of furan rings is 1. The summed E-state index contributed by atoms with van der Waals surface area (Å²) in [5.41, 5.74) is 1.72. The van der Waals surface area contributed by atoms with Crippen LogP contribution in [0.25, 0.3) is 11.5 Å². The first kappa shape index (κ1) is 16.8. The molecule has 25 heavy (non-hydrogen) atoms. The first-order chi connectivity index (χ1) is 12.2. The number of hydrogen-bond acceptors (Lipinski definition) is 4. The van der Waals surface area contributed by atoms with Crippen molar-refractivity contribution >= 4 is 5.91 Å². The van der Waals surface area contributed by atoms with Gasteiger partial charge in [-0.05, 0) is 29.8 Å². The molecule has 1 N–H and O–H groups in total. The summed E-state index contributed by atoms with van der Waals surface area (Å²) < 4.78 is 12.5. The number of nitrogens with zero attached hydrogens (tertiary/aromatic N) is 2. The second kappa shape index (κ2) is 7.70. The van der Waals surface area contributed by atoms with Crippen molar-refractivity contribution in [1.82, 2.24) is 14.9 Å². The summed E-state index contributed by atoms with van der Waals surface area (Å²) in [5.74, 6) is 2.37. The van der Waals surface area contributed by atoms with Crippen LogP contribution in [0, 0.1) is 0 Å². The highest BCUT2D eigenvalue weighted by Gasteiger charge is 2.10. The Balaban J connectivity index is 1.51. The van der Waals surface area contributed by atoms with Crippen LogP contribution >= 0.6 is 0 Å². The van der Waals surface area contributed by atoms with Crippen LogP contribution in [-0.2, 0) is 24.7 Å². The van der Waals surface area contributed by atoms with E-state index >= 15 is 0 Å². The molecule has 0 fully saturated rings. The highest BCUT2D eigenvalue weighted by atomic mass is 16.5. The number of benzene rings is 1. The maximum Gasteiger partial charge on any atom is 0.224 e. The zero-order valence-electron chi connectivity index (χ0n) is 14.4. The third-order valence-electron chi connectivity index (χ3n) is 3.92. The van der Waals surface area contributed by atoms with Gasteiger partial charge in [-0.1, -0.05) is 12.1 Å². The topological polar surface area (TPSA) is 69.3 Å². The van der Waals surface area contributed by atoms with E-state index in [1.807, 2.05) is 54.2 Å². The Labute approximate surface area is 146 Å². The number of imidazole rings is 1. The number of hydrogen-bond donors (Lipinski definition) is 1. The first-order valence-corrected chi connectivity index (χ1v) is 8.11. The highest BCUT2D eigenvalue weighted by Crippen LogP contribution is 2.18. The molecule has 6 nitrogen and oxygen atoms in total. The minimum Gasteiger partial charge on any atom is -0.497 e. The van der Waals surface area contributed by atoms with Gasteiger partial charge in [0.15, 0.2) is 5.76 Å². The number of aryl methyl sites for hydroxylation is 1. The zero-order valence-corrected chi connectivity index (χ0v) is 14.4. The second-order valence-electron chi connectivity index (χ2n) is 5.76. The van der Waals surface area contributed by atoms with E-state index in [4.69, 9.17) is 9.15 Å². The third-order valence-corrected chi connectivity index (χ3v) is 3.92. The van der Waals surface area contributed by atoms with E-state index in [2.05, 4.69) is 10.3 Å². The number of rotatable bonds is 7. The summed E-state index contributed by atoms with van der Waals surface area (Å²) in [4.78, 5) is 16.6. The van der Waals surface area contributed by atoms with Crippen LogP contribution in [0.1, 0.15) is 11.4 Å². The minimum atomic E-state index is -0.0197. The molecule has 0 unspecified atom stereocenters. The smallest absolute Gasteiger partial charge is 0.224 e. The number of ether oxygens (including phenoxy) is 1. The van der Waals surface area contributed by atoms with Gasteiger partial charge in [0, 0.05) is 26.2 Å². The number of nitrogens with one attached hydrogen (secondary N) is 1. The van der Waals surface area contributed by atoms with Crippen LogP contribution in [0.5, 0.6) is 5.75 Å². The highest BCUT2D eigenvalue weighted by molar-refractivity contribution is 5.78. The van der Waals surface area contributed by atoms with Crippen LogP contribution in [0.15, 0.2) is 53.3 Å². The molecule has 0 aliphatic heterocycles. The van der Waals surface area contributed by atoms with Gasteiger partial charge in [-0.2, -0.15) is 0 Å². The van der Waals surface area contributed by atoms with Gasteiger partial charge < -0.3 is 19.0 Å². The Morgan fingerprint density at radius 3 is 2.96 bits per heavy atom. The molecule has 0 saturated carbocycles. The van der Waals surface area contributed by atoms with Gasteiger partial charge in [-0.3, -0.25) is 4.79 Å². The van der Waals surface area contributed by atoms with E-state index in [-0.39, 0.29) is 5.91 Å². The largest absolute Gasteiger partial charge is 0.497 e. The standard InChI is InChI=1S/C19H21N3O3/c1-22-13-16(17-7-4-10-25-17)21-18(22)8-9-20-19(23)12-14-5-3-6-15(11-14)24-2/h3-7,10-11,13H,8-9,12H2,1-2H3,(H,20,23). The molecule has 0 aliphatic rings. The lowest BCUT2D eigenvalue weighted by atomic mass is 10.1. The van der Waals surface area contributed by atoms with Gasteiger partial charge in [-0.25, -0.2) is 4.98 Å². The monoisotopic (exact) mass is 339 g/mol. The van der Waals surface area contributed by atoms with E-state index in [0.29, 0.717) is 19.4 Å². The summed E-state index contributed by atoms with van der Waals surface area (Å²) in [5, 5.41) is 2.93. The molecule has 1 aromatic carbocycles. The van der Waals surface area contributed by atoms with E-state index in [0.717, 1.165) is 28.6 Å². The SMILES string of the molecule is COc1cccc(CC(=O)NCCc2nc(-c3ccco3)cn2C)c1. The van der Waals surface area contributed by atoms with Gasteiger partial charge in [0.05, 0.1) is 19.8 Å². The third kappa shape index (κ3) is 4.29. The number of aromatic nitrogens is 2. The van der Waals surface area contributed by atoms with Crippen molar-refractivity contribution in [2.45, 2.75) is 12.8 Å². The summed E-state index contributed by atoms with van der Waals surface area (Å²) in [6, 6.07) is 11.2. The lowest BCUT2D eigenvalue weighted by Crippen LogP contribution is -2.27. The molecule has 6 heteroatoms. The number of amides is 1. The van der Waals surface area contributed by atoms with Crippen LogP contribution in [0.4, 0.5) is 0 Å². The molecule has 1 amide bonds. The molecule has 130 valence electrons. The molecule has 0 saturated heterocycles. The van der Waals surface area contributed by atoms with Gasteiger partial charge in [0.1, 0.15) is 17.3 Å². The summed E-state index contributed by atoms with van der Waals surface area (Å²) >= 11 is 0. The molecule has 0 aliphatic carbocycles. The maximum atomic E-state index is 12.1. The lowest BCUT2D eigenvalue weighted by Gasteiger charge is -2.06. The van der Waals surface area contributed by atoms with Gasteiger partial charge >= 0.3 is 0 Å². The number of methoxy groups -OCH3 is 1. The van der Waals surface area contributed by atoms with Crippen molar-refractivity contribution in [1.29, 1.82) is 0 Å². The molecule has 2 heterocycles. The van der Waals surface area contributed by atoms with Crippen LogP contribution < -0.4 is 10.1 Å². The molecule has 3 aromatic rings. The fourth-order valence-electron chi connectivity index (χ4n) is 2.62. The fourth-order valence-corrected chi connectivity index (χ4v) is 2.62. The lowest BCUT2D eigenvalue weighted by molar-refractivity contribution is -0.120. The normalized spacial score (nSPS) is 10.6. The van der Waals surface area contributed by atoms with Gasteiger partial charge in [0.2, 0.25) is 5.91 Å². The van der Waals surface area contributed by atoms with Gasteiger partial charge in [-0.15, -0.1) is 0 Å². The van der Waals surface area contributed by atoms with Crippen molar-refractivity contribution in [3.63, 3.8) is 0 Å². The Morgan fingerprint density at radius 1 is 1.32 bits per heavy atom. The minimum absolute atomic E-state index is 0.0197. The predicted molar refractivity (Wildman–Crippen MR) is 94.3 cm³/mol. The molecule has 0 radical (unpaired) electrons. The van der Waals surface area contributed by atoms with Crippen molar-refractivity contribution in [2.75, 3.05) is 13.7 Å². The quantitative estimate of drug-likeness (QED) is 0.718. The molecular formula is C19H21N3O3. The van der Waals surface area contributed by atoms with Crippen molar-refractivity contribution in [3.05, 3.63) is 60.2 Å². The Kier molecular flexibility index (Phi) is 5.18. The average Bonchev–Trinajstić information content (AvgIpc) is 3.25. The summed E-state index contributed by atoms with van der Waals surface area (Å²) in [6.45, 7) is 0.533.